The van der Waals surface area contributed by atoms with Gasteiger partial charge in [-0.15, -0.1) is 0 Å². The van der Waals surface area contributed by atoms with Crippen LogP contribution in [0.2, 0.25) is 0 Å². The molecule has 16 heavy (non-hydrogen) atoms. The highest BCUT2D eigenvalue weighted by atomic mass is 14.9. The van der Waals surface area contributed by atoms with E-state index >= 15 is 0 Å². The Morgan fingerprint density at radius 2 is 1.44 bits per heavy atom. The molecule has 2 rings (SSSR count). The van der Waals surface area contributed by atoms with Crippen molar-refractivity contribution in [1.29, 1.82) is 0 Å². The first kappa shape index (κ1) is 12.4. The third-order valence-electron chi connectivity index (χ3n) is 4.87. The van der Waals surface area contributed by atoms with Crippen LogP contribution in [0.1, 0.15) is 59.3 Å². The summed E-state index contributed by atoms with van der Waals surface area (Å²) in [4.78, 5) is 0. The fourth-order valence-electron chi connectivity index (χ4n) is 3.17. The van der Waals surface area contributed by atoms with Gasteiger partial charge in [-0.3, -0.25) is 0 Å². The van der Waals surface area contributed by atoms with Crippen molar-refractivity contribution < 1.29 is 0 Å². The lowest BCUT2D eigenvalue weighted by Crippen LogP contribution is -2.37. The molecule has 94 valence electrons. The van der Waals surface area contributed by atoms with Gasteiger partial charge in [0.15, 0.2) is 0 Å². The van der Waals surface area contributed by atoms with Gasteiger partial charge in [0, 0.05) is 6.04 Å². The Morgan fingerprint density at radius 3 is 1.94 bits per heavy atom. The highest BCUT2D eigenvalue weighted by molar-refractivity contribution is 4.83. The van der Waals surface area contributed by atoms with Gasteiger partial charge in [0.25, 0.3) is 0 Å². The van der Waals surface area contributed by atoms with E-state index in [9.17, 15) is 0 Å². The predicted molar refractivity (Wildman–Crippen MR) is 70.5 cm³/mol. The molecule has 2 aliphatic rings. The minimum atomic E-state index is 0.830. The lowest BCUT2D eigenvalue weighted by molar-refractivity contribution is 0.233. The van der Waals surface area contributed by atoms with Crippen molar-refractivity contribution in [2.45, 2.75) is 65.3 Å². The minimum absolute atomic E-state index is 0.830. The molecular formula is C15H29N. The largest absolute Gasteiger partial charge is 0.314 e. The predicted octanol–water partition coefficient (Wildman–Crippen LogP) is 3.84. The molecule has 0 aromatic rings. The van der Waals surface area contributed by atoms with Crippen LogP contribution in [0.4, 0.5) is 0 Å². The molecule has 0 radical (unpaired) electrons. The van der Waals surface area contributed by atoms with E-state index in [0.29, 0.717) is 0 Å². The van der Waals surface area contributed by atoms with E-state index in [1.807, 2.05) is 0 Å². The molecule has 0 aromatic heterocycles. The van der Waals surface area contributed by atoms with Crippen LogP contribution >= 0.6 is 0 Å². The number of hydrogen-bond donors (Lipinski definition) is 1. The molecule has 0 spiro atoms. The molecule has 0 bridgehead atoms. The van der Waals surface area contributed by atoms with Crippen LogP contribution in [0.5, 0.6) is 0 Å². The molecule has 1 N–H and O–H groups in total. The third-order valence-corrected chi connectivity index (χ3v) is 4.87. The van der Waals surface area contributed by atoms with Gasteiger partial charge in [0.1, 0.15) is 0 Å². The van der Waals surface area contributed by atoms with E-state index < -0.39 is 0 Å². The van der Waals surface area contributed by atoms with Gasteiger partial charge >= 0.3 is 0 Å². The molecule has 0 aromatic carbocycles. The number of nitrogens with one attached hydrogen (secondary N) is 1. The SMILES string of the molecule is CC(C)C1CCC(NCC(C)C2CC2)CC1. The van der Waals surface area contributed by atoms with Crippen molar-refractivity contribution in [1.82, 2.24) is 5.32 Å². The standard InChI is InChI=1S/C15H29N/c1-11(2)13-6-8-15(9-7-13)16-10-12(3)14-4-5-14/h11-16H,4-10H2,1-3H3. The summed E-state index contributed by atoms with van der Waals surface area (Å²) < 4.78 is 0. The van der Waals surface area contributed by atoms with E-state index in [4.69, 9.17) is 0 Å². The van der Waals surface area contributed by atoms with Gasteiger partial charge < -0.3 is 5.32 Å². The number of hydrogen-bond acceptors (Lipinski definition) is 1. The van der Waals surface area contributed by atoms with Crippen LogP contribution < -0.4 is 5.32 Å². The van der Waals surface area contributed by atoms with Crippen molar-refractivity contribution in [3.63, 3.8) is 0 Å². The van der Waals surface area contributed by atoms with Crippen molar-refractivity contribution in [2.24, 2.45) is 23.7 Å². The summed E-state index contributed by atoms with van der Waals surface area (Å²) in [5, 5.41) is 3.80. The summed E-state index contributed by atoms with van der Waals surface area (Å²) in [6.07, 6.45) is 8.71. The van der Waals surface area contributed by atoms with Crippen molar-refractivity contribution in [3.8, 4) is 0 Å². The maximum absolute atomic E-state index is 3.80. The van der Waals surface area contributed by atoms with Crippen LogP contribution in [0.3, 0.4) is 0 Å². The molecule has 1 nitrogen and oxygen atoms in total. The van der Waals surface area contributed by atoms with Crippen molar-refractivity contribution >= 4 is 0 Å². The molecule has 2 fully saturated rings. The van der Waals surface area contributed by atoms with E-state index in [0.717, 1.165) is 29.7 Å². The van der Waals surface area contributed by atoms with E-state index in [-0.39, 0.29) is 0 Å². The second-order valence-electron chi connectivity index (χ2n) is 6.58. The smallest absolute Gasteiger partial charge is 0.00673 e. The van der Waals surface area contributed by atoms with Crippen LogP contribution in [-0.4, -0.2) is 12.6 Å². The van der Waals surface area contributed by atoms with Gasteiger partial charge in [-0.1, -0.05) is 20.8 Å². The Morgan fingerprint density at radius 1 is 0.875 bits per heavy atom. The fourth-order valence-corrected chi connectivity index (χ4v) is 3.17. The monoisotopic (exact) mass is 223 g/mol. The molecule has 0 aliphatic heterocycles. The van der Waals surface area contributed by atoms with Crippen LogP contribution in [0, 0.1) is 23.7 Å². The zero-order valence-corrected chi connectivity index (χ0v) is 11.3. The second kappa shape index (κ2) is 5.53. The highest BCUT2D eigenvalue weighted by Crippen LogP contribution is 2.36. The average molecular weight is 223 g/mol. The summed E-state index contributed by atoms with van der Waals surface area (Å²) in [7, 11) is 0. The average Bonchev–Trinajstić information content (AvgIpc) is 3.10. The third kappa shape index (κ3) is 3.48. The maximum atomic E-state index is 3.80. The van der Waals surface area contributed by atoms with Gasteiger partial charge in [0.2, 0.25) is 0 Å². The number of rotatable bonds is 5. The molecule has 1 heteroatoms. The molecule has 1 atom stereocenters. The van der Waals surface area contributed by atoms with Crippen LogP contribution in [-0.2, 0) is 0 Å². The Labute approximate surface area is 101 Å². The van der Waals surface area contributed by atoms with Gasteiger partial charge in [0.05, 0.1) is 0 Å². The first-order valence-electron chi connectivity index (χ1n) is 7.40. The second-order valence-corrected chi connectivity index (χ2v) is 6.58. The van der Waals surface area contributed by atoms with Crippen LogP contribution in [0.15, 0.2) is 0 Å². The maximum Gasteiger partial charge on any atom is 0.00673 e. The summed E-state index contributed by atoms with van der Waals surface area (Å²) in [5.41, 5.74) is 0. The molecular weight excluding hydrogens is 194 g/mol. The first-order chi connectivity index (χ1) is 7.66. The zero-order valence-electron chi connectivity index (χ0n) is 11.3. The molecule has 0 amide bonds. The van der Waals surface area contributed by atoms with Crippen molar-refractivity contribution in [3.05, 3.63) is 0 Å². The van der Waals surface area contributed by atoms with Gasteiger partial charge in [-0.2, -0.15) is 0 Å². The van der Waals surface area contributed by atoms with Gasteiger partial charge in [-0.25, -0.2) is 0 Å². The molecule has 0 saturated heterocycles. The summed E-state index contributed by atoms with van der Waals surface area (Å²) in [5.74, 6) is 3.87. The molecule has 1 unspecified atom stereocenters. The fraction of sp³-hybridized carbons (Fsp3) is 1.00. The van der Waals surface area contributed by atoms with E-state index in [1.54, 1.807) is 0 Å². The van der Waals surface area contributed by atoms with E-state index in [1.165, 1.54) is 45.1 Å². The normalized spacial score (nSPS) is 33.0. The first-order valence-corrected chi connectivity index (χ1v) is 7.40. The highest BCUT2D eigenvalue weighted by Gasteiger charge is 2.29. The quantitative estimate of drug-likeness (QED) is 0.747. The van der Waals surface area contributed by atoms with Crippen LogP contribution in [0.25, 0.3) is 0 Å². The Hall–Kier alpha value is -0.0400. The van der Waals surface area contributed by atoms with Crippen molar-refractivity contribution in [2.75, 3.05) is 6.54 Å². The minimum Gasteiger partial charge on any atom is -0.314 e. The molecule has 2 saturated carbocycles. The summed E-state index contributed by atoms with van der Waals surface area (Å²) in [6.45, 7) is 8.45. The lowest BCUT2D eigenvalue weighted by Gasteiger charge is -2.32. The van der Waals surface area contributed by atoms with E-state index in [2.05, 4.69) is 26.1 Å². The Bertz CT molecular complexity index is 199. The van der Waals surface area contributed by atoms with Gasteiger partial charge in [-0.05, 0) is 68.7 Å². The summed E-state index contributed by atoms with van der Waals surface area (Å²) >= 11 is 0. The Balaban J connectivity index is 1.61. The molecule has 0 heterocycles. The topological polar surface area (TPSA) is 12.0 Å². The molecule has 2 aliphatic carbocycles. The zero-order chi connectivity index (χ0) is 11.5. The summed E-state index contributed by atoms with van der Waals surface area (Å²) in [6, 6.07) is 0.830. The Kier molecular flexibility index (Phi) is 4.29. The lowest BCUT2D eigenvalue weighted by atomic mass is 9.79.